The number of hydrogen-bond acceptors (Lipinski definition) is 3. The van der Waals surface area contributed by atoms with E-state index in [1.54, 1.807) is 7.11 Å². The van der Waals surface area contributed by atoms with Gasteiger partial charge < -0.3 is 15.2 Å². The highest BCUT2D eigenvalue weighted by Crippen LogP contribution is 2.31. The van der Waals surface area contributed by atoms with Crippen molar-refractivity contribution in [1.29, 1.82) is 0 Å². The molecule has 0 aliphatic rings. The van der Waals surface area contributed by atoms with Gasteiger partial charge in [-0.2, -0.15) is 0 Å². The third-order valence-corrected chi connectivity index (χ3v) is 3.72. The summed E-state index contributed by atoms with van der Waals surface area (Å²) in [6.45, 7) is 2.70. The molecular formula is C19H26ClNO2. The van der Waals surface area contributed by atoms with Crippen LogP contribution in [-0.4, -0.2) is 7.11 Å². The highest BCUT2D eigenvalue weighted by molar-refractivity contribution is 5.85. The number of unbranched alkanes of at least 4 members (excludes halogenated alkanes) is 1. The summed E-state index contributed by atoms with van der Waals surface area (Å²) in [5.41, 5.74) is 8.45. The first kappa shape index (κ1) is 19.3. The Labute approximate surface area is 145 Å². The number of methoxy groups -OCH3 is 1. The van der Waals surface area contributed by atoms with Crippen molar-refractivity contribution in [3.8, 4) is 11.5 Å². The summed E-state index contributed by atoms with van der Waals surface area (Å²) in [6.07, 6.45) is 3.28. The van der Waals surface area contributed by atoms with Crippen LogP contribution in [0.3, 0.4) is 0 Å². The summed E-state index contributed by atoms with van der Waals surface area (Å²) in [5.74, 6) is 1.48. The maximum absolute atomic E-state index is 6.22. The average molecular weight is 336 g/mol. The number of halogens is 1. The van der Waals surface area contributed by atoms with Crippen molar-refractivity contribution >= 4 is 12.4 Å². The largest absolute Gasteiger partial charge is 0.493 e. The van der Waals surface area contributed by atoms with Gasteiger partial charge in [-0.1, -0.05) is 56.2 Å². The van der Waals surface area contributed by atoms with Gasteiger partial charge in [0, 0.05) is 6.04 Å². The highest BCUT2D eigenvalue weighted by Gasteiger charge is 2.11. The van der Waals surface area contributed by atoms with Crippen molar-refractivity contribution in [2.24, 2.45) is 5.73 Å². The fourth-order valence-corrected chi connectivity index (χ4v) is 2.36. The number of ether oxygens (including phenoxy) is 2. The van der Waals surface area contributed by atoms with Gasteiger partial charge >= 0.3 is 0 Å². The van der Waals surface area contributed by atoms with E-state index in [0.29, 0.717) is 6.61 Å². The predicted octanol–water partition coefficient (Wildman–Crippen LogP) is 4.89. The molecular weight excluding hydrogens is 310 g/mol. The number of benzene rings is 2. The Morgan fingerprint density at radius 1 is 1.04 bits per heavy atom. The summed E-state index contributed by atoms with van der Waals surface area (Å²) in [4.78, 5) is 0. The molecule has 0 saturated heterocycles. The molecule has 0 saturated carbocycles. The summed E-state index contributed by atoms with van der Waals surface area (Å²) in [6, 6.07) is 16.1. The molecule has 2 aromatic carbocycles. The fourth-order valence-electron chi connectivity index (χ4n) is 2.36. The lowest BCUT2D eigenvalue weighted by Gasteiger charge is -2.16. The van der Waals surface area contributed by atoms with Crippen molar-refractivity contribution in [3.05, 3.63) is 59.7 Å². The Bertz CT molecular complexity index is 575. The van der Waals surface area contributed by atoms with E-state index in [1.807, 2.05) is 48.5 Å². The highest BCUT2D eigenvalue weighted by atomic mass is 35.5. The zero-order valence-electron chi connectivity index (χ0n) is 13.8. The first-order chi connectivity index (χ1) is 10.7. The van der Waals surface area contributed by atoms with Crippen LogP contribution in [0.5, 0.6) is 11.5 Å². The van der Waals surface area contributed by atoms with E-state index in [2.05, 4.69) is 6.92 Å². The lowest BCUT2D eigenvalue weighted by Crippen LogP contribution is -2.10. The molecule has 0 aliphatic carbocycles. The van der Waals surface area contributed by atoms with Gasteiger partial charge in [0.1, 0.15) is 6.61 Å². The van der Waals surface area contributed by atoms with Crippen LogP contribution < -0.4 is 15.2 Å². The van der Waals surface area contributed by atoms with Crippen LogP contribution in [0.25, 0.3) is 0 Å². The van der Waals surface area contributed by atoms with E-state index in [9.17, 15) is 0 Å². The van der Waals surface area contributed by atoms with Crippen LogP contribution in [0, 0.1) is 0 Å². The van der Waals surface area contributed by atoms with Gasteiger partial charge in [0.2, 0.25) is 0 Å². The molecule has 3 nitrogen and oxygen atoms in total. The molecule has 2 rings (SSSR count). The maximum Gasteiger partial charge on any atom is 0.161 e. The SMILES string of the molecule is CCCC[C@H](N)c1ccc(OCc2ccccc2)c(OC)c1.Cl. The van der Waals surface area contributed by atoms with E-state index in [0.717, 1.165) is 41.9 Å². The van der Waals surface area contributed by atoms with Crippen LogP contribution in [-0.2, 0) is 6.61 Å². The van der Waals surface area contributed by atoms with Gasteiger partial charge in [0.15, 0.2) is 11.5 Å². The number of nitrogens with two attached hydrogens (primary N) is 1. The fraction of sp³-hybridized carbons (Fsp3) is 0.368. The standard InChI is InChI=1S/C19H25NO2.ClH/c1-3-4-10-17(20)16-11-12-18(19(13-16)21-2)22-14-15-8-6-5-7-9-15;/h5-9,11-13,17H,3-4,10,14,20H2,1-2H3;1H/t17-;/m0./s1. The molecule has 0 radical (unpaired) electrons. The van der Waals surface area contributed by atoms with E-state index in [1.165, 1.54) is 0 Å². The minimum Gasteiger partial charge on any atom is -0.493 e. The van der Waals surface area contributed by atoms with Crippen molar-refractivity contribution in [2.75, 3.05) is 7.11 Å². The quantitative estimate of drug-likeness (QED) is 0.747. The van der Waals surface area contributed by atoms with E-state index in [-0.39, 0.29) is 18.4 Å². The minimum atomic E-state index is 0. The Morgan fingerprint density at radius 2 is 1.78 bits per heavy atom. The first-order valence-corrected chi connectivity index (χ1v) is 7.84. The molecule has 0 aliphatic heterocycles. The molecule has 4 heteroatoms. The molecule has 2 aromatic rings. The van der Waals surface area contributed by atoms with Gasteiger partial charge in [0.25, 0.3) is 0 Å². The molecule has 0 spiro atoms. The minimum absolute atomic E-state index is 0. The lowest BCUT2D eigenvalue weighted by atomic mass is 10.0. The van der Waals surface area contributed by atoms with Crippen LogP contribution >= 0.6 is 12.4 Å². The van der Waals surface area contributed by atoms with Gasteiger partial charge in [-0.25, -0.2) is 0 Å². The molecule has 0 unspecified atom stereocenters. The van der Waals surface area contributed by atoms with Crippen molar-refractivity contribution < 1.29 is 9.47 Å². The zero-order valence-corrected chi connectivity index (χ0v) is 14.6. The van der Waals surface area contributed by atoms with Crippen molar-refractivity contribution in [2.45, 2.75) is 38.8 Å². The second-order valence-electron chi connectivity index (χ2n) is 5.43. The molecule has 23 heavy (non-hydrogen) atoms. The van der Waals surface area contributed by atoms with E-state index < -0.39 is 0 Å². The molecule has 0 heterocycles. The van der Waals surface area contributed by atoms with Crippen LogP contribution in [0.2, 0.25) is 0 Å². The molecule has 2 N–H and O–H groups in total. The summed E-state index contributed by atoms with van der Waals surface area (Å²) < 4.78 is 11.3. The van der Waals surface area contributed by atoms with Gasteiger partial charge in [-0.3, -0.25) is 0 Å². The molecule has 126 valence electrons. The van der Waals surface area contributed by atoms with Gasteiger partial charge in [-0.15, -0.1) is 12.4 Å². The van der Waals surface area contributed by atoms with Crippen LogP contribution in [0.4, 0.5) is 0 Å². The first-order valence-electron chi connectivity index (χ1n) is 7.84. The third kappa shape index (κ3) is 5.77. The Balaban J connectivity index is 0.00000264. The summed E-state index contributed by atoms with van der Waals surface area (Å²) >= 11 is 0. The topological polar surface area (TPSA) is 44.5 Å². The zero-order chi connectivity index (χ0) is 15.8. The molecule has 0 fully saturated rings. The van der Waals surface area contributed by atoms with Gasteiger partial charge in [-0.05, 0) is 29.7 Å². The third-order valence-electron chi connectivity index (χ3n) is 3.72. The Morgan fingerprint density at radius 3 is 2.43 bits per heavy atom. The van der Waals surface area contributed by atoms with Crippen LogP contribution in [0.15, 0.2) is 48.5 Å². The number of rotatable bonds is 8. The Hall–Kier alpha value is -1.71. The molecule has 0 aromatic heterocycles. The van der Waals surface area contributed by atoms with E-state index in [4.69, 9.17) is 15.2 Å². The average Bonchev–Trinajstić information content (AvgIpc) is 2.58. The monoisotopic (exact) mass is 335 g/mol. The van der Waals surface area contributed by atoms with Crippen molar-refractivity contribution in [3.63, 3.8) is 0 Å². The maximum atomic E-state index is 6.22. The normalized spacial score (nSPS) is 11.4. The lowest BCUT2D eigenvalue weighted by molar-refractivity contribution is 0.284. The number of hydrogen-bond donors (Lipinski definition) is 1. The molecule has 0 bridgehead atoms. The second-order valence-corrected chi connectivity index (χ2v) is 5.43. The molecule has 0 amide bonds. The summed E-state index contributed by atoms with van der Waals surface area (Å²) in [5, 5.41) is 0. The molecule has 1 atom stereocenters. The van der Waals surface area contributed by atoms with Gasteiger partial charge in [0.05, 0.1) is 7.11 Å². The predicted molar refractivity (Wildman–Crippen MR) is 97.5 cm³/mol. The van der Waals surface area contributed by atoms with E-state index >= 15 is 0 Å². The summed E-state index contributed by atoms with van der Waals surface area (Å²) in [7, 11) is 1.66. The van der Waals surface area contributed by atoms with Crippen LogP contribution in [0.1, 0.15) is 43.4 Å². The second kappa shape index (κ2) is 10.1. The Kier molecular flexibility index (Phi) is 8.52. The van der Waals surface area contributed by atoms with Crippen molar-refractivity contribution in [1.82, 2.24) is 0 Å². The smallest absolute Gasteiger partial charge is 0.161 e.